The molecule has 0 radical (unpaired) electrons. The highest BCUT2D eigenvalue weighted by Crippen LogP contribution is 2.33. The third kappa shape index (κ3) is 5.68. The van der Waals surface area contributed by atoms with Crippen LogP contribution >= 0.6 is 11.3 Å². The average Bonchev–Trinajstić information content (AvgIpc) is 3.51. The molecule has 0 atom stereocenters. The van der Waals surface area contributed by atoms with Gasteiger partial charge in [-0.2, -0.15) is 5.10 Å². The lowest BCUT2D eigenvalue weighted by atomic mass is 9.93. The minimum Gasteiger partial charge on any atom is -0.476 e. The van der Waals surface area contributed by atoms with E-state index >= 15 is 0 Å². The number of benzene rings is 3. The van der Waals surface area contributed by atoms with Crippen molar-refractivity contribution in [3.05, 3.63) is 106 Å². The summed E-state index contributed by atoms with van der Waals surface area (Å²) in [6.45, 7) is 6.23. The monoisotopic (exact) mass is 558 g/mol. The summed E-state index contributed by atoms with van der Waals surface area (Å²) in [7, 11) is -3.79. The van der Waals surface area contributed by atoms with Gasteiger partial charge >= 0.3 is 5.97 Å². The highest BCUT2D eigenvalue weighted by molar-refractivity contribution is 7.89. The number of hydrogen-bond donors (Lipinski definition) is 2. The smallest absolute Gasteiger partial charge is 0.355 e. The fraction of sp³-hybridized carbons (Fsp3) is 0.138. The third-order valence-electron chi connectivity index (χ3n) is 6.39. The Bertz CT molecular complexity index is 1800. The predicted molar refractivity (Wildman–Crippen MR) is 152 cm³/mol. The van der Waals surface area contributed by atoms with Crippen molar-refractivity contribution in [3.8, 4) is 27.5 Å². The van der Waals surface area contributed by atoms with Crippen molar-refractivity contribution in [2.24, 2.45) is 5.14 Å². The quantitative estimate of drug-likeness (QED) is 0.271. The number of carboxylic acid groups (broad SMARTS) is 1. The second-order valence-electron chi connectivity index (χ2n) is 9.54. The van der Waals surface area contributed by atoms with Crippen molar-refractivity contribution in [1.29, 1.82) is 0 Å². The molecule has 39 heavy (non-hydrogen) atoms. The van der Waals surface area contributed by atoms with Gasteiger partial charge < -0.3 is 5.11 Å². The molecular formula is C29H26N4O4S2. The Morgan fingerprint density at radius 3 is 2.28 bits per heavy atom. The second kappa shape index (κ2) is 10.2. The molecule has 0 aliphatic carbocycles. The first-order chi connectivity index (χ1) is 18.5. The fourth-order valence-corrected chi connectivity index (χ4v) is 5.81. The summed E-state index contributed by atoms with van der Waals surface area (Å²) in [6, 6.07) is 19.1. The minimum absolute atomic E-state index is 0.0420. The highest BCUT2D eigenvalue weighted by atomic mass is 32.2. The molecule has 5 aromatic rings. The number of sulfonamides is 1. The van der Waals surface area contributed by atoms with Gasteiger partial charge in [-0.25, -0.2) is 28.0 Å². The summed E-state index contributed by atoms with van der Waals surface area (Å²) >= 11 is 1.19. The zero-order valence-corrected chi connectivity index (χ0v) is 23.2. The summed E-state index contributed by atoms with van der Waals surface area (Å²) in [5, 5.41) is 21.3. The van der Waals surface area contributed by atoms with Crippen molar-refractivity contribution in [3.63, 3.8) is 0 Å². The van der Waals surface area contributed by atoms with Gasteiger partial charge in [-0.1, -0.05) is 53.6 Å². The molecule has 0 aliphatic rings. The first-order valence-corrected chi connectivity index (χ1v) is 14.5. The van der Waals surface area contributed by atoms with E-state index in [1.807, 2.05) is 12.3 Å². The van der Waals surface area contributed by atoms with E-state index in [2.05, 4.69) is 56.1 Å². The Balaban J connectivity index is 1.62. The van der Waals surface area contributed by atoms with Gasteiger partial charge in [-0.3, -0.25) is 0 Å². The maximum atomic E-state index is 11.7. The van der Waals surface area contributed by atoms with Crippen LogP contribution in [0.2, 0.25) is 0 Å². The number of primary sulfonamides is 1. The number of aromatic nitrogens is 3. The van der Waals surface area contributed by atoms with Crippen LogP contribution in [0.25, 0.3) is 27.5 Å². The Labute approximate surface area is 230 Å². The number of carbonyl (C=O) groups is 1. The summed E-state index contributed by atoms with van der Waals surface area (Å²) in [6.07, 6.45) is 2.30. The number of nitrogens with zero attached hydrogens (tertiary/aromatic N) is 3. The Morgan fingerprint density at radius 1 is 0.974 bits per heavy atom. The standard InChI is InChI=1S/C29H26N4O4S2/c1-17-10-18(2)12-22(11-17)25-14-21(7-4-19(25)3)27-23(13-20-5-8-24(9-6-20)39(30,36)37)15-33(32-27)29-31-26(16-38-29)28(34)35/h4-12,14-16H,13H2,1-3H3,(H,34,35)(H2,30,36,37). The van der Waals surface area contributed by atoms with Crippen LogP contribution < -0.4 is 5.14 Å². The first-order valence-electron chi connectivity index (χ1n) is 12.1. The van der Waals surface area contributed by atoms with Crippen LogP contribution in [0.5, 0.6) is 0 Å². The SMILES string of the molecule is Cc1cc(C)cc(-c2cc(-c3nn(-c4nc(C(=O)O)cs4)cc3Cc3ccc(S(N)(=O)=O)cc3)ccc2C)c1. The van der Waals surface area contributed by atoms with Crippen LogP contribution in [0.1, 0.15) is 38.3 Å². The molecule has 198 valence electrons. The molecule has 8 nitrogen and oxygen atoms in total. The highest BCUT2D eigenvalue weighted by Gasteiger charge is 2.18. The lowest BCUT2D eigenvalue weighted by Crippen LogP contribution is -2.11. The fourth-order valence-electron chi connectivity index (χ4n) is 4.58. The topological polar surface area (TPSA) is 128 Å². The van der Waals surface area contributed by atoms with Gasteiger partial charge in [-0.05, 0) is 61.2 Å². The van der Waals surface area contributed by atoms with Gasteiger partial charge in [0, 0.05) is 29.1 Å². The number of hydrogen-bond acceptors (Lipinski definition) is 6. The second-order valence-corrected chi connectivity index (χ2v) is 11.9. The summed E-state index contributed by atoms with van der Waals surface area (Å²) < 4.78 is 25.0. The molecule has 0 unspecified atom stereocenters. The molecule has 0 fully saturated rings. The molecule has 3 N–H and O–H groups in total. The van der Waals surface area contributed by atoms with Crippen LogP contribution in [0, 0.1) is 20.8 Å². The molecule has 0 spiro atoms. The number of thiazole rings is 1. The van der Waals surface area contributed by atoms with Crippen molar-refractivity contribution >= 4 is 27.3 Å². The molecule has 0 saturated heterocycles. The van der Waals surface area contributed by atoms with E-state index in [9.17, 15) is 18.3 Å². The van der Waals surface area contributed by atoms with E-state index in [1.54, 1.807) is 16.8 Å². The van der Waals surface area contributed by atoms with Crippen LogP contribution in [0.15, 0.2) is 77.1 Å². The first kappa shape index (κ1) is 26.5. The predicted octanol–water partition coefficient (Wildman–Crippen LogP) is 5.52. The van der Waals surface area contributed by atoms with Crippen LogP contribution in [-0.4, -0.2) is 34.3 Å². The van der Waals surface area contributed by atoms with Crippen molar-refractivity contribution < 1.29 is 18.3 Å². The average molecular weight is 559 g/mol. The zero-order valence-electron chi connectivity index (χ0n) is 21.5. The summed E-state index contributed by atoms with van der Waals surface area (Å²) in [5.41, 5.74) is 9.05. The van der Waals surface area contributed by atoms with Crippen molar-refractivity contribution in [2.75, 3.05) is 0 Å². The maximum Gasteiger partial charge on any atom is 0.355 e. The maximum absolute atomic E-state index is 11.7. The van der Waals surface area contributed by atoms with Gasteiger partial charge in [0.05, 0.1) is 10.6 Å². The third-order valence-corrected chi connectivity index (χ3v) is 8.15. The van der Waals surface area contributed by atoms with Crippen LogP contribution in [0.4, 0.5) is 0 Å². The summed E-state index contributed by atoms with van der Waals surface area (Å²) in [5.74, 6) is -1.10. The van der Waals surface area contributed by atoms with E-state index in [-0.39, 0.29) is 10.6 Å². The Kier molecular flexibility index (Phi) is 6.94. The molecule has 0 amide bonds. The Hall–Kier alpha value is -4.12. The largest absolute Gasteiger partial charge is 0.476 e. The Morgan fingerprint density at radius 2 is 1.67 bits per heavy atom. The summed E-state index contributed by atoms with van der Waals surface area (Å²) in [4.78, 5) is 15.6. The van der Waals surface area contributed by atoms with E-state index in [1.165, 1.54) is 40.0 Å². The molecule has 10 heteroatoms. The molecule has 0 saturated carbocycles. The molecule has 2 aromatic heterocycles. The van der Waals surface area contributed by atoms with Crippen LogP contribution in [-0.2, 0) is 16.4 Å². The number of aromatic carboxylic acids is 1. The van der Waals surface area contributed by atoms with E-state index in [0.29, 0.717) is 11.6 Å². The molecule has 3 aromatic carbocycles. The number of aryl methyl sites for hydroxylation is 3. The minimum atomic E-state index is -3.79. The van der Waals surface area contributed by atoms with Gasteiger partial charge in [0.2, 0.25) is 15.2 Å². The molecule has 0 aliphatic heterocycles. The molecule has 2 heterocycles. The van der Waals surface area contributed by atoms with Gasteiger partial charge in [-0.15, -0.1) is 11.3 Å². The zero-order chi connectivity index (χ0) is 27.9. The molecule has 0 bridgehead atoms. The van der Waals surface area contributed by atoms with Gasteiger partial charge in [0.25, 0.3) is 0 Å². The molecule has 5 rings (SSSR count). The number of rotatable bonds is 7. The lowest BCUT2D eigenvalue weighted by molar-refractivity contribution is 0.0691. The van der Waals surface area contributed by atoms with E-state index in [4.69, 9.17) is 10.2 Å². The number of nitrogens with two attached hydrogens (primary N) is 1. The molecular weight excluding hydrogens is 532 g/mol. The van der Waals surface area contributed by atoms with Crippen molar-refractivity contribution in [1.82, 2.24) is 14.8 Å². The number of carboxylic acids is 1. The normalized spacial score (nSPS) is 11.6. The van der Waals surface area contributed by atoms with Crippen LogP contribution in [0.3, 0.4) is 0 Å². The van der Waals surface area contributed by atoms with Gasteiger partial charge in [0.1, 0.15) is 0 Å². The van der Waals surface area contributed by atoms with Crippen molar-refractivity contribution in [2.45, 2.75) is 32.1 Å². The van der Waals surface area contributed by atoms with E-state index < -0.39 is 16.0 Å². The van der Waals surface area contributed by atoms with Gasteiger partial charge in [0.15, 0.2) is 5.69 Å². The lowest BCUT2D eigenvalue weighted by Gasteiger charge is -2.11. The van der Waals surface area contributed by atoms with E-state index in [0.717, 1.165) is 39.1 Å².